The van der Waals surface area contributed by atoms with Crippen molar-refractivity contribution in [3.05, 3.63) is 29.8 Å². The zero-order valence-electron chi connectivity index (χ0n) is 11.8. The van der Waals surface area contributed by atoms with E-state index in [0.717, 1.165) is 24.3 Å². The monoisotopic (exact) mass is 279 g/mol. The molecule has 2 rings (SSSR count). The van der Waals surface area contributed by atoms with Gasteiger partial charge in [0, 0.05) is 40.1 Å². The Morgan fingerprint density at radius 2 is 1.95 bits per heavy atom. The van der Waals surface area contributed by atoms with Gasteiger partial charge in [-0.15, -0.1) is 0 Å². The van der Waals surface area contributed by atoms with Gasteiger partial charge in [0.25, 0.3) is 5.91 Å². The molecule has 1 heterocycles. The van der Waals surface area contributed by atoms with Crippen molar-refractivity contribution in [2.45, 2.75) is 37.6 Å². The normalized spacial score (nSPS) is 20.8. The van der Waals surface area contributed by atoms with Gasteiger partial charge in [0.2, 0.25) is 0 Å². The molecule has 0 aliphatic carbocycles. The maximum atomic E-state index is 12.5. The lowest BCUT2D eigenvalue weighted by Gasteiger charge is -2.27. The molecule has 1 aromatic carbocycles. The van der Waals surface area contributed by atoms with E-state index in [1.54, 1.807) is 30.5 Å². The predicted molar refractivity (Wildman–Crippen MR) is 77.7 cm³/mol. The molecular formula is C15H21NO2S. The van der Waals surface area contributed by atoms with E-state index in [4.69, 9.17) is 0 Å². The SMILES string of the molecule is CC(C)C1CCCN1C(=O)c1ccc(S(C)=O)cc1. The Morgan fingerprint density at radius 1 is 1.32 bits per heavy atom. The number of benzene rings is 1. The molecule has 3 nitrogen and oxygen atoms in total. The summed E-state index contributed by atoms with van der Waals surface area (Å²) < 4.78 is 11.3. The fourth-order valence-electron chi connectivity index (χ4n) is 2.69. The summed E-state index contributed by atoms with van der Waals surface area (Å²) in [6.45, 7) is 5.18. The number of carbonyl (C=O) groups is 1. The molecule has 0 radical (unpaired) electrons. The van der Waals surface area contributed by atoms with E-state index in [1.165, 1.54) is 0 Å². The molecule has 1 amide bonds. The number of amides is 1. The summed E-state index contributed by atoms with van der Waals surface area (Å²) in [6, 6.07) is 7.49. The van der Waals surface area contributed by atoms with Crippen LogP contribution in [-0.4, -0.2) is 33.9 Å². The van der Waals surface area contributed by atoms with Crippen molar-refractivity contribution < 1.29 is 9.00 Å². The van der Waals surface area contributed by atoms with Gasteiger partial charge in [0.05, 0.1) is 0 Å². The third-order valence-electron chi connectivity index (χ3n) is 3.76. The zero-order chi connectivity index (χ0) is 14.0. The van der Waals surface area contributed by atoms with Crippen molar-refractivity contribution in [3.8, 4) is 0 Å². The van der Waals surface area contributed by atoms with Crippen molar-refractivity contribution in [2.24, 2.45) is 5.92 Å². The highest BCUT2D eigenvalue weighted by molar-refractivity contribution is 7.84. The van der Waals surface area contributed by atoms with Gasteiger partial charge in [-0.3, -0.25) is 9.00 Å². The van der Waals surface area contributed by atoms with Gasteiger partial charge < -0.3 is 4.90 Å². The Kier molecular flexibility index (Phi) is 4.40. The molecule has 1 aliphatic heterocycles. The fraction of sp³-hybridized carbons (Fsp3) is 0.533. The van der Waals surface area contributed by atoms with Crippen LogP contribution in [0, 0.1) is 5.92 Å². The van der Waals surface area contributed by atoms with Gasteiger partial charge in [-0.25, -0.2) is 0 Å². The van der Waals surface area contributed by atoms with E-state index in [1.807, 2.05) is 4.90 Å². The number of rotatable bonds is 3. The van der Waals surface area contributed by atoms with Gasteiger partial charge in [0.15, 0.2) is 0 Å². The summed E-state index contributed by atoms with van der Waals surface area (Å²) in [5.41, 5.74) is 0.696. The van der Waals surface area contributed by atoms with Crippen LogP contribution in [0.5, 0.6) is 0 Å². The number of carbonyl (C=O) groups excluding carboxylic acids is 1. The van der Waals surface area contributed by atoms with Crippen LogP contribution in [0.3, 0.4) is 0 Å². The predicted octanol–water partition coefficient (Wildman–Crippen LogP) is 2.68. The molecule has 0 bridgehead atoms. The third-order valence-corrected chi connectivity index (χ3v) is 4.70. The minimum atomic E-state index is -0.992. The topological polar surface area (TPSA) is 37.4 Å². The van der Waals surface area contributed by atoms with Gasteiger partial charge in [-0.1, -0.05) is 13.8 Å². The molecule has 1 fully saturated rings. The largest absolute Gasteiger partial charge is 0.335 e. The third kappa shape index (κ3) is 3.06. The molecule has 1 aliphatic rings. The van der Waals surface area contributed by atoms with E-state index in [2.05, 4.69) is 13.8 Å². The lowest BCUT2D eigenvalue weighted by atomic mass is 10.0. The Balaban J connectivity index is 2.17. The molecule has 19 heavy (non-hydrogen) atoms. The van der Waals surface area contributed by atoms with Crippen LogP contribution < -0.4 is 0 Å². The average Bonchev–Trinajstić information content (AvgIpc) is 2.87. The lowest BCUT2D eigenvalue weighted by molar-refractivity contribution is 0.0701. The Bertz CT molecular complexity index is 481. The van der Waals surface area contributed by atoms with Crippen LogP contribution in [0.1, 0.15) is 37.0 Å². The Morgan fingerprint density at radius 3 is 2.47 bits per heavy atom. The molecular weight excluding hydrogens is 258 g/mol. The maximum Gasteiger partial charge on any atom is 0.254 e. The summed E-state index contributed by atoms with van der Waals surface area (Å²) >= 11 is 0. The summed E-state index contributed by atoms with van der Waals surface area (Å²) in [4.78, 5) is 15.2. The zero-order valence-corrected chi connectivity index (χ0v) is 12.6. The highest BCUT2D eigenvalue weighted by Crippen LogP contribution is 2.25. The second kappa shape index (κ2) is 5.87. The van der Waals surface area contributed by atoms with Crippen LogP contribution in [0.15, 0.2) is 29.2 Å². The molecule has 4 heteroatoms. The van der Waals surface area contributed by atoms with Crippen molar-refractivity contribution in [1.82, 2.24) is 4.90 Å². The number of hydrogen-bond donors (Lipinski definition) is 0. The smallest absolute Gasteiger partial charge is 0.254 e. The summed E-state index contributed by atoms with van der Waals surface area (Å²) in [7, 11) is -0.992. The highest BCUT2D eigenvalue weighted by atomic mass is 32.2. The fourth-order valence-corrected chi connectivity index (χ4v) is 3.21. The van der Waals surface area contributed by atoms with Crippen LogP contribution in [0.4, 0.5) is 0 Å². The van der Waals surface area contributed by atoms with Crippen LogP contribution in [0.25, 0.3) is 0 Å². The van der Waals surface area contributed by atoms with Crippen LogP contribution in [-0.2, 0) is 10.8 Å². The quantitative estimate of drug-likeness (QED) is 0.853. The average molecular weight is 279 g/mol. The van der Waals surface area contributed by atoms with Gasteiger partial charge in [-0.2, -0.15) is 0 Å². The Hall–Kier alpha value is -1.16. The molecule has 0 N–H and O–H groups in total. The molecule has 104 valence electrons. The molecule has 1 saturated heterocycles. The van der Waals surface area contributed by atoms with Gasteiger partial charge >= 0.3 is 0 Å². The summed E-state index contributed by atoms with van der Waals surface area (Å²) in [5.74, 6) is 0.596. The van der Waals surface area contributed by atoms with Crippen LogP contribution in [0.2, 0.25) is 0 Å². The molecule has 0 saturated carbocycles. The van der Waals surface area contributed by atoms with Crippen molar-refractivity contribution in [3.63, 3.8) is 0 Å². The van der Waals surface area contributed by atoms with E-state index in [0.29, 0.717) is 17.5 Å². The van der Waals surface area contributed by atoms with E-state index in [9.17, 15) is 9.00 Å². The second-order valence-electron chi connectivity index (χ2n) is 5.43. The maximum absolute atomic E-state index is 12.5. The minimum Gasteiger partial charge on any atom is -0.335 e. The van der Waals surface area contributed by atoms with E-state index < -0.39 is 10.8 Å². The van der Waals surface area contributed by atoms with Gasteiger partial charge in [0.1, 0.15) is 0 Å². The van der Waals surface area contributed by atoms with E-state index >= 15 is 0 Å². The first-order valence-corrected chi connectivity index (χ1v) is 8.31. The highest BCUT2D eigenvalue weighted by Gasteiger charge is 2.31. The number of nitrogens with zero attached hydrogens (tertiary/aromatic N) is 1. The summed E-state index contributed by atoms with van der Waals surface area (Å²) in [5, 5.41) is 0. The molecule has 2 atom stereocenters. The molecule has 2 unspecified atom stereocenters. The van der Waals surface area contributed by atoms with Crippen molar-refractivity contribution >= 4 is 16.7 Å². The number of hydrogen-bond acceptors (Lipinski definition) is 2. The molecule has 0 spiro atoms. The standard InChI is InChI=1S/C15H21NO2S/c1-11(2)14-5-4-10-16(14)15(17)12-6-8-13(9-7-12)19(3)18/h6-9,11,14H,4-5,10H2,1-3H3. The second-order valence-corrected chi connectivity index (χ2v) is 6.81. The minimum absolute atomic E-state index is 0.102. The first-order chi connectivity index (χ1) is 9.00. The van der Waals surface area contributed by atoms with Gasteiger partial charge in [-0.05, 0) is 43.0 Å². The first kappa shape index (κ1) is 14.3. The molecule has 0 aromatic heterocycles. The Labute approximate surface area is 117 Å². The van der Waals surface area contributed by atoms with Crippen molar-refractivity contribution in [2.75, 3.05) is 12.8 Å². The van der Waals surface area contributed by atoms with E-state index in [-0.39, 0.29) is 5.91 Å². The number of likely N-dealkylation sites (tertiary alicyclic amines) is 1. The molecule has 1 aromatic rings. The lowest BCUT2D eigenvalue weighted by Crippen LogP contribution is -2.38. The van der Waals surface area contributed by atoms with Crippen LogP contribution >= 0.6 is 0 Å². The summed E-state index contributed by atoms with van der Waals surface area (Å²) in [6.07, 6.45) is 3.83. The van der Waals surface area contributed by atoms with Crippen molar-refractivity contribution in [1.29, 1.82) is 0 Å². The first-order valence-electron chi connectivity index (χ1n) is 6.75.